The number of hydrogen-bond donors (Lipinski definition) is 0. The van der Waals surface area contributed by atoms with E-state index in [1.807, 2.05) is 11.9 Å². The highest BCUT2D eigenvalue weighted by Crippen LogP contribution is 2.36. The van der Waals surface area contributed by atoms with Crippen molar-refractivity contribution < 1.29 is 4.92 Å². The number of thiazole rings is 1. The molecule has 0 saturated heterocycles. The maximum Gasteiger partial charge on any atom is 0.269 e. The summed E-state index contributed by atoms with van der Waals surface area (Å²) < 4.78 is 0. The lowest BCUT2D eigenvalue weighted by molar-refractivity contribution is -0.384. The molecule has 1 heterocycles. The molecule has 1 saturated carbocycles. The van der Waals surface area contributed by atoms with E-state index in [2.05, 4.69) is 5.38 Å². The normalized spacial score (nSPS) is 15.7. The summed E-state index contributed by atoms with van der Waals surface area (Å²) in [6.45, 7) is 0. The SMILES string of the molecule is CN(c1ccc([N+](=O)[O-])cc1)c1nc(C2CCCCC2)cs1. The van der Waals surface area contributed by atoms with Gasteiger partial charge in [0.1, 0.15) is 0 Å². The Balaban J connectivity index is 1.75. The third-order valence-corrected chi connectivity index (χ3v) is 5.20. The van der Waals surface area contributed by atoms with Crippen LogP contribution in [0.15, 0.2) is 29.6 Å². The van der Waals surface area contributed by atoms with Gasteiger partial charge in [0.05, 0.1) is 10.6 Å². The van der Waals surface area contributed by atoms with Crippen LogP contribution in [0.1, 0.15) is 43.7 Å². The van der Waals surface area contributed by atoms with Gasteiger partial charge in [0, 0.05) is 36.2 Å². The lowest BCUT2D eigenvalue weighted by Gasteiger charge is -2.20. The highest BCUT2D eigenvalue weighted by Gasteiger charge is 2.19. The number of aromatic nitrogens is 1. The predicted molar refractivity (Wildman–Crippen MR) is 89.1 cm³/mol. The predicted octanol–water partition coefficient (Wildman–Crippen LogP) is 4.87. The third kappa shape index (κ3) is 3.11. The second-order valence-corrected chi connectivity index (χ2v) is 6.56. The van der Waals surface area contributed by atoms with Crippen LogP contribution in [0.3, 0.4) is 0 Å². The molecule has 22 heavy (non-hydrogen) atoms. The summed E-state index contributed by atoms with van der Waals surface area (Å²) in [5.74, 6) is 0.601. The molecule has 0 bridgehead atoms. The highest BCUT2D eigenvalue weighted by molar-refractivity contribution is 7.13. The summed E-state index contributed by atoms with van der Waals surface area (Å²) >= 11 is 1.64. The minimum absolute atomic E-state index is 0.110. The van der Waals surface area contributed by atoms with E-state index >= 15 is 0 Å². The molecule has 116 valence electrons. The van der Waals surface area contributed by atoms with E-state index in [0.29, 0.717) is 5.92 Å². The van der Waals surface area contributed by atoms with Crippen LogP contribution >= 0.6 is 11.3 Å². The van der Waals surface area contributed by atoms with Gasteiger partial charge in [-0.3, -0.25) is 10.1 Å². The average molecular weight is 317 g/mol. The van der Waals surface area contributed by atoms with Crippen LogP contribution in [0, 0.1) is 10.1 Å². The first-order chi connectivity index (χ1) is 10.6. The van der Waals surface area contributed by atoms with Crippen LogP contribution in [0.25, 0.3) is 0 Å². The zero-order valence-electron chi connectivity index (χ0n) is 12.6. The van der Waals surface area contributed by atoms with Crippen molar-refractivity contribution in [2.45, 2.75) is 38.0 Å². The molecular formula is C16H19N3O2S. The first-order valence-electron chi connectivity index (χ1n) is 7.59. The fourth-order valence-electron chi connectivity index (χ4n) is 2.92. The van der Waals surface area contributed by atoms with Crippen molar-refractivity contribution in [3.63, 3.8) is 0 Å². The van der Waals surface area contributed by atoms with E-state index in [-0.39, 0.29) is 10.6 Å². The molecule has 0 radical (unpaired) electrons. The molecule has 1 aromatic carbocycles. The van der Waals surface area contributed by atoms with E-state index in [9.17, 15) is 10.1 Å². The van der Waals surface area contributed by atoms with Crippen LogP contribution < -0.4 is 4.90 Å². The molecule has 3 rings (SSSR count). The van der Waals surface area contributed by atoms with Gasteiger partial charge in [0.2, 0.25) is 0 Å². The maximum atomic E-state index is 10.7. The van der Waals surface area contributed by atoms with Gasteiger partial charge in [-0.05, 0) is 25.0 Å². The van der Waals surface area contributed by atoms with Crippen molar-refractivity contribution in [1.82, 2.24) is 4.98 Å². The Morgan fingerprint density at radius 3 is 2.55 bits per heavy atom. The van der Waals surface area contributed by atoms with Gasteiger partial charge in [-0.2, -0.15) is 0 Å². The smallest absolute Gasteiger partial charge is 0.269 e. The number of nitrogens with zero attached hydrogens (tertiary/aromatic N) is 3. The number of benzene rings is 1. The van der Waals surface area contributed by atoms with Crippen molar-refractivity contribution in [1.29, 1.82) is 0 Å². The second kappa shape index (κ2) is 6.44. The molecule has 6 heteroatoms. The molecule has 0 atom stereocenters. The fourth-order valence-corrected chi connectivity index (χ4v) is 3.82. The largest absolute Gasteiger partial charge is 0.321 e. The Bertz CT molecular complexity index is 648. The van der Waals surface area contributed by atoms with Crippen molar-refractivity contribution >= 4 is 27.8 Å². The minimum atomic E-state index is -0.381. The topological polar surface area (TPSA) is 59.3 Å². The summed E-state index contributed by atoms with van der Waals surface area (Å²) in [7, 11) is 1.95. The quantitative estimate of drug-likeness (QED) is 0.596. The zero-order valence-corrected chi connectivity index (χ0v) is 13.4. The first-order valence-corrected chi connectivity index (χ1v) is 8.47. The molecule has 1 fully saturated rings. The Morgan fingerprint density at radius 2 is 1.91 bits per heavy atom. The van der Waals surface area contributed by atoms with Crippen LogP contribution in [0.2, 0.25) is 0 Å². The van der Waals surface area contributed by atoms with E-state index in [4.69, 9.17) is 4.98 Å². The van der Waals surface area contributed by atoms with E-state index < -0.39 is 0 Å². The van der Waals surface area contributed by atoms with Gasteiger partial charge in [0.25, 0.3) is 5.69 Å². The number of rotatable bonds is 4. The Morgan fingerprint density at radius 1 is 1.23 bits per heavy atom. The maximum absolute atomic E-state index is 10.7. The highest BCUT2D eigenvalue weighted by atomic mass is 32.1. The number of anilines is 2. The van der Waals surface area contributed by atoms with Crippen LogP contribution in [-0.2, 0) is 0 Å². The molecular weight excluding hydrogens is 298 g/mol. The van der Waals surface area contributed by atoms with Gasteiger partial charge in [-0.25, -0.2) is 4.98 Å². The molecule has 1 aromatic heterocycles. The number of hydrogen-bond acceptors (Lipinski definition) is 5. The molecule has 0 amide bonds. The molecule has 5 nitrogen and oxygen atoms in total. The van der Waals surface area contributed by atoms with E-state index in [1.165, 1.54) is 49.9 Å². The fraction of sp³-hybridized carbons (Fsp3) is 0.438. The monoisotopic (exact) mass is 317 g/mol. The van der Waals surface area contributed by atoms with E-state index in [1.54, 1.807) is 23.5 Å². The average Bonchev–Trinajstić information content (AvgIpc) is 3.05. The molecule has 0 N–H and O–H groups in total. The lowest BCUT2D eigenvalue weighted by Crippen LogP contribution is -2.10. The summed E-state index contributed by atoms with van der Waals surface area (Å²) in [5, 5.41) is 13.8. The number of nitro groups is 1. The number of non-ortho nitro benzene ring substituents is 1. The Kier molecular flexibility index (Phi) is 4.38. The summed E-state index contributed by atoms with van der Waals surface area (Å²) in [4.78, 5) is 17.1. The van der Waals surface area contributed by atoms with Gasteiger partial charge in [-0.15, -0.1) is 11.3 Å². The third-order valence-electron chi connectivity index (χ3n) is 4.27. The van der Waals surface area contributed by atoms with Gasteiger partial charge in [0.15, 0.2) is 5.13 Å². The minimum Gasteiger partial charge on any atom is -0.321 e. The molecule has 1 aliphatic rings. The molecule has 2 aromatic rings. The van der Waals surface area contributed by atoms with Crippen molar-refractivity contribution in [2.24, 2.45) is 0 Å². The Hall–Kier alpha value is -1.95. The Labute approximate surface area is 133 Å². The van der Waals surface area contributed by atoms with Gasteiger partial charge < -0.3 is 4.90 Å². The van der Waals surface area contributed by atoms with Crippen molar-refractivity contribution in [3.8, 4) is 0 Å². The molecule has 0 unspecified atom stereocenters. The van der Waals surface area contributed by atoms with Crippen LogP contribution in [0.4, 0.5) is 16.5 Å². The van der Waals surface area contributed by atoms with Gasteiger partial charge in [-0.1, -0.05) is 19.3 Å². The van der Waals surface area contributed by atoms with Crippen molar-refractivity contribution in [3.05, 3.63) is 45.5 Å². The first kappa shape index (κ1) is 15.0. The van der Waals surface area contributed by atoms with Crippen molar-refractivity contribution in [2.75, 3.05) is 11.9 Å². The van der Waals surface area contributed by atoms with Gasteiger partial charge >= 0.3 is 0 Å². The summed E-state index contributed by atoms with van der Waals surface area (Å²) in [6, 6.07) is 6.59. The second-order valence-electron chi connectivity index (χ2n) is 5.72. The molecule has 0 aliphatic heterocycles. The standard InChI is InChI=1S/C16H19N3O2S/c1-18(13-7-9-14(10-8-13)19(20)21)16-17-15(11-22-16)12-5-3-2-4-6-12/h7-12H,2-6H2,1H3. The summed E-state index contributed by atoms with van der Waals surface area (Å²) in [5.41, 5.74) is 2.22. The van der Waals surface area contributed by atoms with Crippen LogP contribution in [0.5, 0.6) is 0 Å². The molecule has 0 spiro atoms. The summed E-state index contributed by atoms with van der Waals surface area (Å²) in [6.07, 6.45) is 6.43. The van der Waals surface area contributed by atoms with E-state index in [0.717, 1.165) is 10.8 Å². The number of nitro benzene ring substituents is 1. The van der Waals surface area contributed by atoms with Crippen LogP contribution in [-0.4, -0.2) is 17.0 Å². The lowest BCUT2D eigenvalue weighted by atomic mass is 9.87. The zero-order chi connectivity index (χ0) is 15.5. The molecule has 1 aliphatic carbocycles.